The summed E-state index contributed by atoms with van der Waals surface area (Å²) in [4.78, 5) is 10.4. The van der Waals surface area contributed by atoms with Crippen LogP contribution in [0.3, 0.4) is 0 Å². The van der Waals surface area contributed by atoms with Gasteiger partial charge >= 0.3 is 5.97 Å². The van der Waals surface area contributed by atoms with Crippen LogP contribution in [-0.2, 0) is 0 Å². The fourth-order valence-electron chi connectivity index (χ4n) is 0.722. The van der Waals surface area contributed by atoms with E-state index in [1.807, 2.05) is 6.07 Å². The number of hydrogen-bond donors (Lipinski definition) is 1. The molecule has 1 N–H and O–H groups in total. The number of nitrogens with zero attached hydrogens (tertiary/aromatic N) is 1. The molecule has 0 saturated heterocycles. The lowest BCUT2D eigenvalue weighted by molar-refractivity contribution is 0.0697. The normalized spacial score (nSPS) is 8.64. The smallest absolute Gasteiger partial charge is 0.335 e. The van der Waals surface area contributed by atoms with Gasteiger partial charge in [-0.05, 0) is 18.2 Å². The third-order valence-corrected chi connectivity index (χ3v) is 1.24. The molecule has 0 radical (unpaired) electrons. The van der Waals surface area contributed by atoms with Crippen LogP contribution in [0.2, 0.25) is 0 Å². The molecule has 0 aliphatic carbocycles. The average Bonchev–Trinajstić information content (AvgIpc) is 2.05. The number of benzene rings is 1. The highest BCUT2D eigenvalue weighted by molar-refractivity contribution is 5.87. The Hall–Kier alpha value is -1.82. The molecule has 0 aliphatic rings. The first-order valence-electron chi connectivity index (χ1n) is 2.97. The third kappa shape index (κ3) is 1.55. The van der Waals surface area contributed by atoms with Crippen LogP contribution in [0.5, 0.6) is 0 Å². The number of aromatic carboxylic acids is 1. The monoisotopic (exact) mass is 153 g/mol. The number of nitriles is 1. The molecule has 1 aromatic carbocycles. The first kappa shape index (κ1) is 7.29. The van der Waals surface area contributed by atoms with Crippen molar-refractivity contribution in [2.75, 3.05) is 0 Å². The zero-order chi connectivity index (χ0) is 8.27. The highest BCUT2D eigenvalue weighted by Gasteiger charge is 2.01. The van der Waals surface area contributed by atoms with Crippen molar-refractivity contribution in [3.63, 3.8) is 0 Å². The lowest BCUT2D eigenvalue weighted by Crippen LogP contribution is -1.95. The summed E-state index contributed by atoms with van der Waals surface area (Å²) < 4.78 is 0. The Morgan fingerprint density at radius 1 is 1.55 bits per heavy atom. The van der Waals surface area contributed by atoms with Gasteiger partial charge in [-0.2, -0.15) is 5.26 Å². The summed E-state index contributed by atoms with van der Waals surface area (Å²) >= 11 is 0. The van der Waals surface area contributed by atoms with E-state index in [0.29, 0.717) is 5.56 Å². The maximum atomic E-state index is 10.4. The van der Waals surface area contributed by atoms with Gasteiger partial charge < -0.3 is 5.11 Å². The van der Waals surface area contributed by atoms with Crippen molar-refractivity contribution in [1.82, 2.24) is 0 Å². The van der Waals surface area contributed by atoms with Gasteiger partial charge in [-0.25, -0.2) is 4.79 Å². The summed E-state index contributed by atoms with van der Waals surface area (Å²) in [5.41, 5.74) is 0.508. The van der Waals surface area contributed by atoms with Crippen molar-refractivity contribution in [3.05, 3.63) is 35.4 Å². The van der Waals surface area contributed by atoms with Gasteiger partial charge in [-0.3, -0.25) is 0 Å². The van der Waals surface area contributed by atoms with Crippen molar-refractivity contribution in [2.45, 2.75) is 0 Å². The third-order valence-electron chi connectivity index (χ3n) is 1.24. The van der Waals surface area contributed by atoms with Crippen molar-refractivity contribution in [2.24, 2.45) is 0 Å². The van der Waals surface area contributed by atoms with Crippen LogP contribution < -0.4 is 0 Å². The fraction of sp³-hybridized carbons (Fsp3) is 0. The Balaban J connectivity index is 3.13. The van der Waals surface area contributed by atoms with Crippen LogP contribution in [0.4, 0.5) is 0 Å². The second kappa shape index (κ2) is 2.84. The molecule has 0 aromatic heterocycles. The zero-order valence-corrected chi connectivity index (χ0v) is 5.61. The quantitative estimate of drug-likeness (QED) is 0.660. The van der Waals surface area contributed by atoms with E-state index in [1.54, 1.807) is 12.1 Å². The van der Waals surface area contributed by atoms with Gasteiger partial charge in [0.25, 0.3) is 0 Å². The Labute approximate surface area is 63.5 Å². The van der Waals surface area contributed by atoms with Crippen LogP contribution in [0.25, 0.3) is 0 Å². The maximum absolute atomic E-state index is 10.4. The molecule has 3 nitrogen and oxygen atoms in total. The lowest BCUT2D eigenvalue weighted by Gasteiger charge is -1.91. The van der Waals surface area contributed by atoms with Crippen molar-refractivity contribution >= 4 is 5.97 Å². The van der Waals surface area contributed by atoms with E-state index in [4.69, 9.17) is 10.4 Å². The Bertz CT molecular complexity index is 325. The number of rotatable bonds is 1. The highest BCUT2D eigenvalue weighted by atomic mass is 16.4. The minimum Gasteiger partial charge on any atom is -0.478 e. The topological polar surface area (TPSA) is 61.1 Å². The predicted molar refractivity (Wildman–Crippen MR) is 38.1 cm³/mol. The van der Waals surface area contributed by atoms with Crippen molar-refractivity contribution in [3.8, 4) is 6.07 Å². The van der Waals surface area contributed by atoms with Crippen molar-refractivity contribution in [1.29, 1.82) is 5.26 Å². The molecule has 0 aliphatic heterocycles. The lowest BCUT2D eigenvalue weighted by atomic mass is 10.9. The summed E-state index contributed by atoms with van der Waals surface area (Å²) in [5.74, 6) is -1.01. The predicted octanol–water partition coefficient (Wildman–Crippen LogP) is 1.26. The molecule has 0 fully saturated rings. The van der Waals surface area contributed by atoms with Crippen LogP contribution >= 0.6 is 0 Å². The number of carbonyl (C=O) groups is 1. The van der Waals surface area contributed by atoms with Gasteiger partial charge in [0.15, 0.2) is 0 Å². The average molecular weight is 153 g/mol. The molecular weight excluding hydrogens is 148 g/mol. The molecule has 0 spiro atoms. The van der Waals surface area contributed by atoms with Gasteiger partial charge in [0.1, 0.15) is 0 Å². The zero-order valence-electron chi connectivity index (χ0n) is 5.61. The fourth-order valence-corrected chi connectivity index (χ4v) is 0.722. The molecule has 54 valence electrons. The van der Waals surface area contributed by atoms with Gasteiger partial charge in [0.05, 0.1) is 17.2 Å². The standard InChI is InChI=1S/C8H5NO2/c9-5-6-2-1-3-7(4-6)8(10)11/h1-4H,(H,10,11)/i1+1,2+1,3+1,4+1,6+1,7+1. The first-order valence-corrected chi connectivity index (χ1v) is 2.97. The van der Waals surface area contributed by atoms with Crippen molar-refractivity contribution < 1.29 is 9.90 Å². The molecule has 1 aromatic rings. The van der Waals surface area contributed by atoms with Gasteiger partial charge in [-0.1, -0.05) is 6.07 Å². The minimum atomic E-state index is -1.01. The van der Waals surface area contributed by atoms with Crippen LogP contribution in [0.1, 0.15) is 15.9 Å². The van der Waals surface area contributed by atoms with Crippen LogP contribution in [-0.4, -0.2) is 11.1 Å². The summed E-state index contributed by atoms with van der Waals surface area (Å²) in [6, 6.07) is 7.75. The highest BCUT2D eigenvalue weighted by Crippen LogP contribution is 2.02. The summed E-state index contributed by atoms with van der Waals surface area (Å²) in [6.45, 7) is 0. The van der Waals surface area contributed by atoms with E-state index in [-0.39, 0.29) is 5.56 Å². The first-order chi connectivity index (χ1) is 5.24. The Kier molecular flexibility index (Phi) is 1.88. The molecule has 0 amide bonds. The number of hydrogen-bond acceptors (Lipinski definition) is 2. The van der Waals surface area contributed by atoms with E-state index in [9.17, 15) is 4.79 Å². The van der Waals surface area contributed by atoms with Crippen LogP contribution in [0, 0.1) is 11.3 Å². The van der Waals surface area contributed by atoms with Gasteiger partial charge in [0.2, 0.25) is 0 Å². The molecule has 11 heavy (non-hydrogen) atoms. The second-order valence-corrected chi connectivity index (χ2v) is 2.00. The Morgan fingerprint density at radius 3 is 2.82 bits per heavy atom. The Morgan fingerprint density at radius 2 is 2.27 bits per heavy atom. The van der Waals surface area contributed by atoms with Gasteiger partial charge in [-0.15, -0.1) is 0 Å². The molecule has 3 heteroatoms. The summed E-state index contributed by atoms with van der Waals surface area (Å²) in [5, 5.41) is 16.9. The maximum Gasteiger partial charge on any atom is 0.335 e. The molecule has 0 atom stereocenters. The largest absolute Gasteiger partial charge is 0.478 e. The van der Waals surface area contributed by atoms with E-state index in [1.165, 1.54) is 12.1 Å². The molecule has 0 heterocycles. The number of carboxylic acid groups (broad SMARTS) is 1. The van der Waals surface area contributed by atoms with Gasteiger partial charge in [0, 0.05) is 0 Å². The van der Waals surface area contributed by atoms with Crippen LogP contribution in [0.15, 0.2) is 24.3 Å². The molecule has 0 unspecified atom stereocenters. The van der Waals surface area contributed by atoms with E-state index in [2.05, 4.69) is 0 Å². The summed E-state index contributed by atoms with van der Waals surface area (Å²) in [6.07, 6.45) is 0. The molecular formula is C8H5NO2. The molecule has 0 saturated carbocycles. The van der Waals surface area contributed by atoms with E-state index < -0.39 is 5.97 Å². The minimum absolute atomic E-state index is 0.143. The molecule has 1 rings (SSSR count). The second-order valence-electron chi connectivity index (χ2n) is 2.00. The van der Waals surface area contributed by atoms with E-state index in [0.717, 1.165) is 0 Å². The molecule has 0 bridgehead atoms. The summed E-state index contributed by atoms with van der Waals surface area (Å²) in [7, 11) is 0. The van der Waals surface area contributed by atoms with E-state index >= 15 is 0 Å². The number of carboxylic acids is 1. The SMILES string of the molecule is N#C[13c]1[13cH][13cH][13cH][13c](C(=O)O)[13cH]1.